The first-order chi connectivity index (χ1) is 13.7. The largest absolute Gasteiger partial charge is 0.337 e. The summed E-state index contributed by atoms with van der Waals surface area (Å²) >= 11 is 5.28. The van der Waals surface area contributed by atoms with Crippen molar-refractivity contribution in [2.45, 2.75) is 6.54 Å². The molecule has 0 bridgehead atoms. The minimum Gasteiger partial charge on any atom is -0.337 e. The molecule has 0 unspecified atom stereocenters. The van der Waals surface area contributed by atoms with Gasteiger partial charge in [-0.2, -0.15) is 0 Å². The minimum absolute atomic E-state index is 0.0807. The van der Waals surface area contributed by atoms with Crippen molar-refractivity contribution in [3.8, 4) is 5.69 Å². The molecule has 4 rings (SSSR count). The number of hydrogen-bond acceptors (Lipinski definition) is 4. The molecule has 1 amide bonds. The number of imidazole rings is 1. The van der Waals surface area contributed by atoms with E-state index in [4.69, 9.17) is 0 Å². The van der Waals surface area contributed by atoms with Gasteiger partial charge in [0.15, 0.2) is 0 Å². The normalized spacial score (nSPS) is 15.4. The molecule has 0 aliphatic carbocycles. The first-order valence-electron chi connectivity index (χ1n) is 9.19. The Balaban J connectivity index is 1.28. The number of hydrogen-bond donors (Lipinski definition) is 0. The number of amides is 1. The maximum absolute atomic E-state index is 12.5. The zero-order chi connectivity index (χ0) is 19.3. The molecule has 28 heavy (non-hydrogen) atoms. The number of halogens is 1. The van der Waals surface area contributed by atoms with Gasteiger partial charge in [0.1, 0.15) is 0 Å². The minimum atomic E-state index is 0.0807. The SMILES string of the molecule is O=C(C=Cc1ccc(-n2ccnc2)cc1)N1CCN(Cc2ccc(Br)s2)CC1. The highest BCUT2D eigenvalue weighted by atomic mass is 79.9. The summed E-state index contributed by atoms with van der Waals surface area (Å²) in [4.78, 5) is 22.2. The second-order valence-corrected chi connectivity index (χ2v) is 9.25. The van der Waals surface area contributed by atoms with Crippen LogP contribution in [0, 0.1) is 0 Å². The van der Waals surface area contributed by atoms with Crippen molar-refractivity contribution in [3.63, 3.8) is 0 Å². The number of carbonyl (C=O) groups excluding carboxylic acids is 1. The number of thiophene rings is 1. The number of aromatic nitrogens is 2. The summed E-state index contributed by atoms with van der Waals surface area (Å²) in [6.45, 7) is 4.32. The first-order valence-corrected chi connectivity index (χ1v) is 10.8. The predicted octanol–water partition coefficient (Wildman–Crippen LogP) is 4.05. The average molecular weight is 457 g/mol. The molecular formula is C21H21BrN4OS. The zero-order valence-electron chi connectivity index (χ0n) is 15.4. The summed E-state index contributed by atoms with van der Waals surface area (Å²) in [5.41, 5.74) is 2.06. The Bertz CT molecular complexity index is 941. The van der Waals surface area contributed by atoms with E-state index in [9.17, 15) is 4.79 Å². The van der Waals surface area contributed by atoms with E-state index in [1.807, 2.05) is 46.0 Å². The van der Waals surface area contributed by atoms with Crippen LogP contribution in [0.3, 0.4) is 0 Å². The van der Waals surface area contributed by atoms with E-state index in [1.54, 1.807) is 29.9 Å². The smallest absolute Gasteiger partial charge is 0.246 e. The first kappa shape index (κ1) is 19.1. The predicted molar refractivity (Wildman–Crippen MR) is 116 cm³/mol. The third-order valence-electron chi connectivity index (χ3n) is 4.81. The van der Waals surface area contributed by atoms with E-state index >= 15 is 0 Å². The van der Waals surface area contributed by atoms with Crippen molar-refractivity contribution in [1.29, 1.82) is 0 Å². The van der Waals surface area contributed by atoms with Gasteiger partial charge < -0.3 is 9.47 Å². The van der Waals surface area contributed by atoms with Crippen LogP contribution in [0.1, 0.15) is 10.4 Å². The Morgan fingerprint density at radius 3 is 2.54 bits per heavy atom. The lowest BCUT2D eigenvalue weighted by molar-refractivity contribution is -0.127. The lowest BCUT2D eigenvalue weighted by Gasteiger charge is -2.34. The molecule has 7 heteroatoms. The van der Waals surface area contributed by atoms with E-state index in [-0.39, 0.29) is 5.91 Å². The van der Waals surface area contributed by atoms with Gasteiger partial charge in [-0.25, -0.2) is 4.98 Å². The van der Waals surface area contributed by atoms with Gasteiger partial charge in [0.2, 0.25) is 5.91 Å². The molecule has 0 N–H and O–H groups in total. The lowest BCUT2D eigenvalue weighted by Crippen LogP contribution is -2.47. The molecule has 1 aliphatic heterocycles. The molecule has 144 valence electrons. The molecule has 1 aliphatic rings. The summed E-state index contributed by atoms with van der Waals surface area (Å²) in [5.74, 6) is 0.0807. The summed E-state index contributed by atoms with van der Waals surface area (Å²) in [6.07, 6.45) is 9.00. The number of nitrogens with zero attached hydrogens (tertiary/aromatic N) is 4. The summed E-state index contributed by atoms with van der Waals surface area (Å²) in [6, 6.07) is 12.3. The standard InChI is InChI=1S/C21H21BrN4OS/c22-20-7-6-19(28-20)15-24-11-13-25(14-12-24)21(27)8-3-17-1-4-18(5-2-17)26-10-9-23-16-26/h1-10,16H,11-15H2. The van der Waals surface area contributed by atoms with Gasteiger partial charge >= 0.3 is 0 Å². The molecule has 5 nitrogen and oxygen atoms in total. The molecular weight excluding hydrogens is 436 g/mol. The third-order valence-corrected chi connectivity index (χ3v) is 6.41. The topological polar surface area (TPSA) is 41.4 Å². The lowest BCUT2D eigenvalue weighted by atomic mass is 10.2. The monoisotopic (exact) mass is 456 g/mol. The van der Waals surface area contributed by atoms with Crippen molar-refractivity contribution in [2.75, 3.05) is 26.2 Å². The molecule has 2 aromatic heterocycles. The van der Waals surface area contributed by atoms with Gasteiger partial charge in [-0.05, 0) is 51.8 Å². The third kappa shape index (κ3) is 4.79. The molecule has 0 atom stereocenters. The van der Waals surface area contributed by atoms with Crippen LogP contribution in [0.15, 0.2) is 65.0 Å². The van der Waals surface area contributed by atoms with Gasteiger partial charge in [0.25, 0.3) is 0 Å². The fourth-order valence-corrected chi connectivity index (χ4v) is 4.75. The van der Waals surface area contributed by atoms with E-state index in [0.717, 1.165) is 44.0 Å². The van der Waals surface area contributed by atoms with E-state index in [2.05, 4.69) is 37.9 Å². The van der Waals surface area contributed by atoms with Crippen LogP contribution in [0.2, 0.25) is 0 Å². The Labute approximate surface area is 177 Å². The Kier molecular flexibility index (Phi) is 6.04. The van der Waals surface area contributed by atoms with Crippen LogP contribution in [0.25, 0.3) is 11.8 Å². The van der Waals surface area contributed by atoms with E-state index < -0.39 is 0 Å². The van der Waals surface area contributed by atoms with Gasteiger partial charge in [0.05, 0.1) is 10.1 Å². The van der Waals surface area contributed by atoms with Gasteiger partial charge in [-0.3, -0.25) is 9.69 Å². The second kappa shape index (κ2) is 8.86. The average Bonchev–Trinajstić information content (AvgIpc) is 3.39. The number of benzene rings is 1. The van der Waals surface area contributed by atoms with Crippen LogP contribution in [0.4, 0.5) is 0 Å². The van der Waals surface area contributed by atoms with Crippen LogP contribution in [-0.2, 0) is 11.3 Å². The summed E-state index contributed by atoms with van der Waals surface area (Å²) < 4.78 is 3.12. The van der Waals surface area contributed by atoms with Crippen molar-refractivity contribution in [3.05, 3.63) is 75.4 Å². The highest BCUT2D eigenvalue weighted by Gasteiger charge is 2.19. The van der Waals surface area contributed by atoms with Crippen LogP contribution >= 0.6 is 27.3 Å². The fraction of sp³-hybridized carbons (Fsp3) is 0.238. The highest BCUT2D eigenvalue weighted by molar-refractivity contribution is 9.11. The fourth-order valence-electron chi connectivity index (χ4n) is 3.23. The maximum atomic E-state index is 12.5. The Hall–Kier alpha value is -2.22. The number of piperazine rings is 1. The van der Waals surface area contributed by atoms with Crippen molar-refractivity contribution in [1.82, 2.24) is 19.4 Å². The number of rotatable bonds is 5. The zero-order valence-corrected chi connectivity index (χ0v) is 17.8. The summed E-state index contributed by atoms with van der Waals surface area (Å²) in [5, 5.41) is 0. The molecule has 1 fully saturated rings. The van der Waals surface area contributed by atoms with Crippen molar-refractivity contribution in [2.24, 2.45) is 0 Å². The van der Waals surface area contributed by atoms with Gasteiger partial charge in [0, 0.05) is 61.8 Å². The molecule has 0 spiro atoms. The Morgan fingerprint density at radius 1 is 1.11 bits per heavy atom. The van der Waals surface area contributed by atoms with Crippen LogP contribution in [0.5, 0.6) is 0 Å². The maximum Gasteiger partial charge on any atom is 0.246 e. The molecule has 1 saturated heterocycles. The van der Waals surface area contributed by atoms with E-state index in [1.165, 1.54) is 8.66 Å². The van der Waals surface area contributed by atoms with Gasteiger partial charge in [-0.1, -0.05) is 12.1 Å². The van der Waals surface area contributed by atoms with Gasteiger partial charge in [-0.15, -0.1) is 11.3 Å². The van der Waals surface area contributed by atoms with Crippen molar-refractivity contribution < 1.29 is 4.79 Å². The molecule has 0 saturated carbocycles. The highest BCUT2D eigenvalue weighted by Crippen LogP contribution is 2.23. The van der Waals surface area contributed by atoms with E-state index in [0.29, 0.717) is 0 Å². The number of carbonyl (C=O) groups is 1. The summed E-state index contributed by atoms with van der Waals surface area (Å²) in [7, 11) is 0. The van der Waals surface area contributed by atoms with Crippen LogP contribution < -0.4 is 0 Å². The molecule has 3 heterocycles. The molecule has 0 radical (unpaired) electrons. The Morgan fingerprint density at radius 2 is 1.89 bits per heavy atom. The molecule has 3 aromatic rings. The molecule has 1 aromatic carbocycles. The van der Waals surface area contributed by atoms with Crippen LogP contribution in [-0.4, -0.2) is 51.4 Å². The second-order valence-electron chi connectivity index (χ2n) is 6.70. The quantitative estimate of drug-likeness (QED) is 0.543. The van der Waals surface area contributed by atoms with Crippen molar-refractivity contribution >= 4 is 39.2 Å².